The molecule has 0 saturated heterocycles. The van der Waals surface area contributed by atoms with Gasteiger partial charge in [-0.1, -0.05) is 0 Å². The van der Waals surface area contributed by atoms with Crippen LogP contribution in [0.5, 0.6) is 0 Å². The summed E-state index contributed by atoms with van der Waals surface area (Å²) in [6.45, 7) is 3.21. The lowest BCUT2D eigenvalue weighted by molar-refractivity contribution is -0.128. The molecular weight excluding hydrogens is 359 g/mol. The van der Waals surface area contributed by atoms with Crippen molar-refractivity contribution in [2.75, 3.05) is 20.1 Å². The molecule has 5 heteroatoms. The molecule has 1 unspecified atom stereocenters. The van der Waals surface area contributed by atoms with Gasteiger partial charge in [0.25, 0.3) is 0 Å². The number of carbonyl (C=O) groups is 1. The largest absolute Gasteiger partial charge is 0.345 e. The molecule has 1 N–H and O–H groups in total. The van der Waals surface area contributed by atoms with Crippen LogP contribution >= 0.6 is 33.9 Å². The number of nitrogens with one attached hydrogen (secondary N) is 1. The van der Waals surface area contributed by atoms with E-state index in [1.54, 1.807) is 4.90 Å². The highest BCUT2D eigenvalue weighted by molar-refractivity contribution is 14.1. The molecule has 18 heavy (non-hydrogen) atoms. The zero-order chi connectivity index (χ0) is 13.1. The van der Waals surface area contributed by atoms with Gasteiger partial charge in [0, 0.05) is 24.5 Å². The Kier molecular flexibility index (Phi) is 5.03. The SMILES string of the molecule is CCN(C)C(=O)CNC1CCCc2sc(I)cc21. The standard InChI is InChI=1S/C13H19IN2OS/c1-3-16(2)13(17)8-15-10-5-4-6-11-9(10)7-12(14)18-11/h7,10,15H,3-6,8H2,1-2H3. The Morgan fingerprint density at radius 1 is 1.67 bits per heavy atom. The molecule has 1 aromatic rings. The van der Waals surface area contributed by atoms with E-state index in [1.807, 2.05) is 25.3 Å². The number of hydrogen-bond donors (Lipinski definition) is 1. The van der Waals surface area contributed by atoms with Gasteiger partial charge in [0.2, 0.25) is 5.91 Å². The summed E-state index contributed by atoms with van der Waals surface area (Å²) in [7, 11) is 1.85. The summed E-state index contributed by atoms with van der Waals surface area (Å²) in [6.07, 6.45) is 3.56. The highest BCUT2D eigenvalue weighted by Crippen LogP contribution is 2.36. The molecule has 3 nitrogen and oxygen atoms in total. The van der Waals surface area contributed by atoms with E-state index in [9.17, 15) is 4.79 Å². The van der Waals surface area contributed by atoms with Crippen LogP contribution < -0.4 is 5.32 Å². The molecule has 0 bridgehead atoms. The topological polar surface area (TPSA) is 32.3 Å². The maximum absolute atomic E-state index is 11.8. The zero-order valence-electron chi connectivity index (χ0n) is 10.8. The summed E-state index contributed by atoms with van der Waals surface area (Å²) in [5, 5.41) is 3.42. The lowest BCUT2D eigenvalue weighted by atomic mass is 9.94. The molecule has 1 aliphatic carbocycles. The molecule has 1 amide bonds. The Hall–Kier alpha value is -0.140. The summed E-state index contributed by atoms with van der Waals surface area (Å²) in [5.74, 6) is 0.176. The van der Waals surface area contributed by atoms with Crippen molar-refractivity contribution in [1.29, 1.82) is 0 Å². The Labute approximate surface area is 126 Å². The molecular formula is C13H19IN2OS. The summed E-state index contributed by atoms with van der Waals surface area (Å²) in [5.41, 5.74) is 1.42. The second kappa shape index (κ2) is 6.34. The fourth-order valence-electron chi connectivity index (χ4n) is 2.26. The fraction of sp³-hybridized carbons (Fsp3) is 0.615. The van der Waals surface area contributed by atoms with Crippen molar-refractivity contribution in [3.63, 3.8) is 0 Å². The number of likely N-dealkylation sites (N-methyl/N-ethyl adjacent to an activating group) is 1. The average Bonchev–Trinajstić information content (AvgIpc) is 2.75. The van der Waals surface area contributed by atoms with Crippen molar-refractivity contribution in [3.8, 4) is 0 Å². The summed E-state index contributed by atoms with van der Waals surface area (Å²) in [4.78, 5) is 15.1. The smallest absolute Gasteiger partial charge is 0.236 e. The summed E-state index contributed by atoms with van der Waals surface area (Å²) >= 11 is 4.28. The van der Waals surface area contributed by atoms with E-state index in [0.717, 1.165) is 13.0 Å². The molecule has 0 aromatic carbocycles. The van der Waals surface area contributed by atoms with Crippen LogP contribution in [0.3, 0.4) is 0 Å². The summed E-state index contributed by atoms with van der Waals surface area (Å²) in [6, 6.07) is 2.63. The fourth-order valence-corrected chi connectivity index (χ4v) is 4.37. The van der Waals surface area contributed by atoms with Crippen molar-refractivity contribution in [2.24, 2.45) is 0 Å². The van der Waals surface area contributed by atoms with E-state index >= 15 is 0 Å². The number of nitrogens with zero attached hydrogens (tertiary/aromatic N) is 1. The second-order valence-corrected chi connectivity index (χ2v) is 7.69. The Balaban J connectivity index is 1.97. The average molecular weight is 378 g/mol. The summed E-state index contributed by atoms with van der Waals surface area (Å²) < 4.78 is 1.35. The van der Waals surface area contributed by atoms with E-state index in [0.29, 0.717) is 12.6 Å². The van der Waals surface area contributed by atoms with Crippen LogP contribution in [0.15, 0.2) is 6.07 Å². The first-order chi connectivity index (χ1) is 8.61. The van der Waals surface area contributed by atoms with E-state index in [4.69, 9.17) is 0 Å². The number of fused-ring (bicyclic) bond motifs is 1. The minimum Gasteiger partial charge on any atom is -0.345 e. The highest BCUT2D eigenvalue weighted by Gasteiger charge is 2.23. The number of carbonyl (C=O) groups excluding carboxylic acids is 1. The van der Waals surface area contributed by atoms with Crippen LogP contribution in [0.4, 0.5) is 0 Å². The number of rotatable bonds is 4. The van der Waals surface area contributed by atoms with Gasteiger partial charge in [0.15, 0.2) is 0 Å². The van der Waals surface area contributed by atoms with Crippen LogP contribution in [-0.4, -0.2) is 30.9 Å². The minimum atomic E-state index is 0.176. The molecule has 0 fully saturated rings. The molecule has 100 valence electrons. The lowest BCUT2D eigenvalue weighted by Gasteiger charge is -2.24. The second-order valence-electron chi connectivity index (χ2n) is 4.66. The first kappa shape index (κ1) is 14.3. The van der Waals surface area contributed by atoms with E-state index < -0.39 is 0 Å². The van der Waals surface area contributed by atoms with Crippen molar-refractivity contribution < 1.29 is 4.79 Å². The van der Waals surface area contributed by atoms with E-state index in [-0.39, 0.29) is 5.91 Å². The normalized spacial score (nSPS) is 18.5. The van der Waals surface area contributed by atoms with Gasteiger partial charge in [-0.25, -0.2) is 0 Å². The zero-order valence-corrected chi connectivity index (χ0v) is 13.8. The third kappa shape index (κ3) is 3.24. The predicted molar refractivity (Wildman–Crippen MR) is 84.0 cm³/mol. The van der Waals surface area contributed by atoms with E-state index in [2.05, 4.69) is 34.0 Å². The third-order valence-corrected chi connectivity index (χ3v) is 5.45. The Morgan fingerprint density at radius 3 is 3.17 bits per heavy atom. The number of amides is 1. The number of aryl methyl sites for hydroxylation is 1. The monoisotopic (exact) mass is 378 g/mol. The number of thiophene rings is 1. The van der Waals surface area contributed by atoms with Gasteiger partial charge in [-0.15, -0.1) is 11.3 Å². The molecule has 0 radical (unpaired) electrons. The first-order valence-corrected chi connectivity index (χ1v) is 8.26. The number of halogens is 1. The minimum absolute atomic E-state index is 0.176. The van der Waals surface area contributed by atoms with E-state index in [1.165, 1.54) is 26.2 Å². The van der Waals surface area contributed by atoms with Gasteiger partial charge in [-0.2, -0.15) is 0 Å². The first-order valence-electron chi connectivity index (χ1n) is 6.37. The van der Waals surface area contributed by atoms with Crippen LogP contribution in [0.25, 0.3) is 0 Å². The van der Waals surface area contributed by atoms with Crippen molar-refractivity contribution in [1.82, 2.24) is 10.2 Å². The molecule has 2 rings (SSSR count). The van der Waals surface area contributed by atoms with Crippen LogP contribution in [0.1, 0.15) is 36.2 Å². The van der Waals surface area contributed by atoms with Gasteiger partial charge in [-0.05, 0) is 60.4 Å². The highest BCUT2D eigenvalue weighted by atomic mass is 127. The molecule has 1 aromatic heterocycles. The van der Waals surface area contributed by atoms with Gasteiger partial charge in [-0.3, -0.25) is 4.79 Å². The van der Waals surface area contributed by atoms with Crippen molar-refractivity contribution >= 4 is 39.8 Å². The molecule has 1 heterocycles. The van der Waals surface area contributed by atoms with Gasteiger partial charge in [0.1, 0.15) is 0 Å². The van der Waals surface area contributed by atoms with Gasteiger partial charge in [0.05, 0.1) is 9.43 Å². The van der Waals surface area contributed by atoms with Crippen LogP contribution in [0.2, 0.25) is 0 Å². The Morgan fingerprint density at radius 2 is 2.44 bits per heavy atom. The van der Waals surface area contributed by atoms with Gasteiger partial charge >= 0.3 is 0 Å². The molecule has 0 saturated carbocycles. The quantitative estimate of drug-likeness (QED) is 0.818. The molecule has 0 aliphatic heterocycles. The number of hydrogen-bond acceptors (Lipinski definition) is 3. The van der Waals surface area contributed by atoms with Crippen LogP contribution in [0, 0.1) is 2.88 Å². The van der Waals surface area contributed by atoms with Crippen LogP contribution in [-0.2, 0) is 11.2 Å². The van der Waals surface area contributed by atoms with Gasteiger partial charge < -0.3 is 10.2 Å². The van der Waals surface area contributed by atoms with Crippen molar-refractivity contribution in [2.45, 2.75) is 32.2 Å². The maximum Gasteiger partial charge on any atom is 0.236 e. The third-order valence-electron chi connectivity index (χ3n) is 3.48. The predicted octanol–water partition coefficient (Wildman–Crippen LogP) is 2.80. The Bertz CT molecular complexity index is 433. The molecule has 0 spiro atoms. The molecule has 1 aliphatic rings. The lowest BCUT2D eigenvalue weighted by Crippen LogP contribution is -2.37. The maximum atomic E-state index is 11.8. The molecule has 1 atom stereocenters. The van der Waals surface area contributed by atoms with Crippen molar-refractivity contribution in [3.05, 3.63) is 19.4 Å².